The van der Waals surface area contributed by atoms with Crippen LogP contribution in [0.2, 0.25) is 0 Å². The number of ether oxygens (including phenoxy) is 3. The number of aromatic nitrogens is 2. The minimum atomic E-state index is 0.559. The highest BCUT2D eigenvalue weighted by Gasteiger charge is 2.14. The second kappa shape index (κ2) is 7.52. The number of fused-ring (bicyclic) bond motifs is 1. The topological polar surface area (TPSA) is 57.5 Å². The van der Waals surface area contributed by atoms with Gasteiger partial charge in [0.1, 0.15) is 12.1 Å². The van der Waals surface area contributed by atoms with E-state index in [-0.39, 0.29) is 0 Å². The molecule has 0 aliphatic heterocycles. The van der Waals surface area contributed by atoms with E-state index in [1.807, 2.05) is 41.1 Å². The molecule has 0 atom stereocenters. The van der Waals surface area contributed by atoms with E-state index < -0.39 is 0 Å². The molecular weight excluding hydrogens is 354 g/mol. The summed E-state index contributed by atoms with van der Waals surface area (Å²) in [6, 6.07) is 18.3. The van der Waals surface area contributed by atoms with Crippen LogP contribution in [0, 0.1) is 0 Å². The van der Waals surface area contributed by atoms with Crippen molar-refractivity contribution in [3.8, 4) is 22.9 Å². The van der Waals surface area contributed by atoms with Gasteiger partial charge in [0.15, 0.2) is 11.5 Å². The molecule has 142 valence electrons. The fourth-order valence-electron chi connectivity index (χ4n) is 3.16. The van der Waals surface area contributed by atoms with Gasteiger partial charge in [0.2, 0.25) is 5.75 Å². The van der Waals surface area contributed by atoms with Crippen LogP contribution >= 0.6 is 0 Å². The van der Waals surface area contributed by atoms with Gasteiger partial charge < -0.3 is 24.1 Å². The molecule has 0 spiro atoms. The number of nitrogens with one attached hydrogen (secondary N) is 1. The van der Waals surface area contributed by atoms with Gasteiger partial charge in [0, 0.05) is 17.8 Å². The summed E-state index contributed by atoms with van der Waals surface area (Å²) in [6.07, 6.45) is 3.65. The van der Waals surface area contributed by atoms with E-state index in [1.54, 1.807) is 27.7 Å². The highest BCUT2D eigenvalue weighted by Crippen LogP contribution is 2.39. The Hall–Kier alpha value is -3.67. The molecule has 0 bridgehead atoms. The lowest BCUT2D eigenvalue weighted by Crippen LogP contribution is -1.98. The van der Waals surface area contributed by atoms with E-state index in [0.29, 0.717) is 17.2 Å². The number of nitrogens with zero attached hydrogens (tertiary/aromatic N) is 2. The molecule has 4 aromatic rings. The Bertz CT molecular complexity index is 1100. The van der Waals surface area contributed by atoms with Crippen LogP contribution in [0.1, 0.15) is 0 Å². The third-order valence-corrected chi connectivity index (χ3v) is 4.55. The summed E-state index contributed by atoms with van der Waals surface area (Å²) >= 11 is 0. The van der Waals surface area contributed by atoms with Crippen molar-refractivity contribution >= 4 is 22.3 Å². The predicted octanol–water partition coefficient (Wildman–Crippen LogP) is 4.79. The van der Waals surface area contributed by atoms with Gasteiger partial charge in [-0.3, -0.25) is 0 Å². The molecule has 0 aliphatic carbocycles. The van der Waals surface area contributed by atoms with Crippen molar-refractivity contribution in [2.45, 2.75) is 0 Å². The monoisotopic (exact) mass is 375 g/mol. The molecule has 0 amide bonds. The molecule has 0 saturated carbocycles. The first-order valence-electron chi connectivity index (χ1n) is 8.82. The first-order valence-corrected chi connectivity index (χ1v) is 8.82. The molecule has 1 N–H and O–H groups in total. The Kier molecular flexibility index (Phi) is 4.76. The van der Waals surface area contributed by atoms with Crippen LogP contribution in [0.4, 0.5) is 11.5 Å². The lowest BCUT2D eigenvalue weighted by Gasteiger charge is -2.14. The zero-order chi connectivity index (χ0) is 19.5. The molecule has 0 saturated heterocycles. The highest BCUT2D eigenvalue weighted by molar-refractivity contribution is 5.86. The zero-order valence-corrected chi connectivity index (χ0v) is 16.0. The number of imidazole rings is 1. The fourth-order valence-corrected chi connectivity index (χ4v) is 3.16. The van der Waals surface area contributed by atoms with Crippen LogP contribution in [0.25, 0.3) is 16.5 Å². The quantitative estimate of drug-likeness (QED) is 0.525. The van der Waals surface area contributed by atoms with Gasteiger partial charge in [-0.05, 0) is 22.9 Å². The number of benzene rings is 3. The number of hydrogen-bond acceptors (Lipinski definition) is 5. The molecule has 1 heterocycles. The lowest BCUT2D eigenvalue weighted by molar-refractivity contribution is 0.324. The van der Waals surface area contributed by atoms with Crippen LogP contribution < -0.4 is 19.5 Å². The van der Waals surface area contributed by atoms with E-state index in [2.05, 4.69) is 34.6 Å². The highest BCUT2D eigenvalue weighted by atomic mass is 16.5. The molecule has 0 fully saturated rings. The van der Waals surface area contributed by atoms with Gasteiger partial charge in [0.05, 0.1) is 33.2 Å². The summed E-state index contributed by atoms with van der Waals surface area (Å²) in [5.41, 5.74) is 1.84. The van der Waals surface area contributed by atoms with E-state index in [9.17, 15) is 0 Å². The fraction of sp³-hybridized carbons (Fsp3) is 0.136. The smallest absolute Gasteiger partial charge is 0.203 e. The van der Waals surface area contributed by atoms with Crippen LogP contribution in [-0.2, 0) is 0 Å². The lowest BCUT2D eigenvalue weighted by atomic mass is 10.1. The minimum Gasteiger partial charge on any atom is -0.493 e. The Labute approximate surface area is 163 Å². The molecule has 28 heavy (non-hydrogen) atoms. The molecule has 6 heteroatoms. The third-order valence-electron chi connectivity index (χ3n) is 4.55. The average molecular weight is 375 g/mol. The first kappa shape index (κ1) is 17.7. The minimum absolute atomic E-state index is 0.559. The van der Waals surface area contributed by atoms with Crippen molar-refractivity contribution < 1.29 is 14.2 Å². The molecule has 0 radical (unpaired) electrons. The summed E-state index contributed by atoms with van der Waals surface area (Å²) in [4.78, 5) is 4.46. The number of hydrogen-bond donors (Lipinski definition) is 1. The van der Waals surface area contributed by atoms with Crippen molar-refractivity contribution in [1.82, 2.24) is 9.55 Å². The molecule has 0 unspecified atom stereocenters. The van der Waals surface area contributed by atoms with Crippen molar-refractivity contribution in [3.63, 3.8) is 0 Å². The van der Waals surface area contributed by atoms with E-state index in [4.69, 9.17) is 14.2 Å². The maximum Gasteiger partial charge on any atom is 0.203 e. The third kappa shape index (κ3) is 3.32. The Morgan fingerprint density at radius 3 is 2.21 bits per heavy atom. The zero-order valence-electron chi connectivity index (χ0n) is 16.0. The predicted molar refractivity (Wildman–Crippen MR) is 110 cm³/mol. The van der Waals surface area contributed by atoms with Crippen molar-refractivity contribution in [3.05, 3.63) is 67.1 Å². The maximum atomic E-state index is 5.43. The second-order valence-corrected chi connectivity index (χ2v) is 6.24. The number of rotatable bonds is 6. The maximum absolute atomic E-state index is 5.43. The van der Waals surface area contributed by atoms with Crippen molar-refractivity contribution in [2.24, 2.45) is 0 Å². The van der Waals surface area contributed by atoms with Crippen molar-refractivity contribution in [1.29, 1.82) is 0 Å². The SMILES string of the molecule is COc1cc(-n2cnc(Nc3ccc4ccccc4c3)c2)cc(OC)c1OC. The van der Waals surface area contributed by atoms with Gasteiger partial charge in [-0.25, -0.2) is 4.98 Å². The molecule has 4 rings (SSSR count). The van der Waals surface area contributed by atoms with Crippen molar-refractivity contribution in [2.75, 3.05) is 26.6 Å². The van der Waals surface area contributed by atoms with Crippen LogP contribution in [0.5, 0.6) is 17.2 Å². The van der Waals surface area contributed by atoms with Gasteiger partial charge in [-0.15, -0.1) is 0 Å². The molecule has 1 aromatic heterocycles. The summed E-state index contributed by atoms with van der Waals surface area (Å²) in [6.45, 7) is 0. The summed E-state index contributed by atoms with van der Waals surface area (Å²) in [5.74, 6) is 2.48. The van der Waals surface area contributed by atoms with Crippen LogP contribution in [0.15, 0.2) is 67.1 Å². The normalized spacial score (nSPS) is 10.7. The number of anilines is 2. The summed E-state index contributed by atoms with van der Waals surface area (Å²) in [5, 5.41) is 5.73. The van der Waals surface area contributed by atoms with Gasteiger partial charge in [-0.1, -0.05) is 30.3 Å². The Balaban J connectivity index is 1.63. The molecule has 0 aliphatic rings. The summed E-state index contributed by atoms with van der Waals surface area (Å²) in [7, 11) is 4.78. The average Bonchev–Trinajstić information content (AvgIpc) is 3.21. The largest absolute Gasteiger partial charge is 0.493 e. The molecule has 3 aromatic carbocycles. The number of methoxy groups -OCH3 is 3. The van der Waals surface area contributed by atoms with E-state index in [0.717, 1.165) is 17.2 Å². The van der Waals surface area contributed by atoms with E-state index in [1.165, 1.54) is 10.8 Å². The van der Waals surface area contributed by atoms with Crippen LogP contribution in [0.3, 0.4) is 0 Å². The Morgan fingerprint density at radius 1 is 0.821 bits per heavy atom. The van der Waals surface area contributed by atoms with Crippen LogP contribution in [-0.4, -0.2) is 30.9 Å². The van der Waals surface area contributed by atoms with Gasteiger partial charge >= 0.3 is 0 Å². The first-order chi connectivity index (χ1) is 13.7. The van der Waals surface area contributed by atoms with Gasteiger partial charge in [0.25, 0.3) is 0 Å². The molecular formula is C22H21N3O3. The second-order valence-electron chi connectivity index (χ2n) is 6.24. The standard InChI is InChI=1S/C22H21N3O3/c1-26-19-11-18(12-20(27-2)22(19)28-3)25-13-21(23-14-25)24-17-9-8-15-6-4-5-7-16(15)10-17/h4-14,24H,1-3H3. The summed E-state index contributed by atoms with van der Waals surface area (Å²) < 4.78 is 18.1. The van der Waals surface area contributed by atoms with E-state index >= 15 is 0 Å². The Morgan fingerprint density at radius 2 is 1.54 bits per heavy atom. The molecule has 6 nitrogen and oxygen atoms in total. The van der Waals surface area contributed by atoms with Gasteiger partial charge in [-0.2, -0.15) is 0 Å².